The molecule has 0 aliphatic rings. The molecule has 0 radical (unpaired) electrons. The Morgan fingerprint density at radius 2 is 2.07 bits per heavy atom. The van der Waals surface area contributed by atoms with Crippen LogP contribution in [0.2, 0.25) is 0 Å². The number of nitrogens with zero attached hydrogens (tertiary/aromatic N) is 3. The highest BCUT2D eigenvalue weighted by molar-refractivity contribution is 7.13. The van der Waals surface area contributed by atoms with Crippen LogP contribution in [0, 0.1) is 6.92 Å². The van der Waals surface area contributed by atoms with Gasteiger partial charge in [-0.15, -0.1) is 11.3 Å². The van der Waals surface area contributed by atoms with Gasteiger partial charge in [0, 0.05) is 13.1 Å². The molecule has 1 unspecified atom stereocenters. The zero-order chi connectivity index (χ0) is 21.3. The van der Waals surface area contributed by atoms with E-state index in [4.69, 9.17) is 4.74 Å². The van der Waals surface area contributed by atoms with E-state index in [1.165, 1.54) is 23.3 Å². The van der Waals surface area contributed by atoms with E-state index in [9.17, 15) is 18.0 Å². The second-order valence-electron chi connectivity index (χ2n) is 6.17. The van der Waals surface area contributed by atoms with E-state index in [0.29, 0.717) is 34.7 Å². The van der Waals surface area contributed by atoms with Crippen LogP contribution in [0.3, 0.4) is 0 Å². The topological polar surface area (TPSA) is 78.9 Å². The van der Waals surface area contributed by atoms with E-state index in [2.05, 4.69) is 20.6 Å². The second-order valence-corrected chi connectivity index (χ2v) is 7.20. The van der Waals surface area contributed by atoms with Crippen molar-refractivity contribution in [3.05, 3.63) is 15.6 Å². The SMILES string of the molecule is CCNC(=NCCN(C)CC(F)(F)F)NC(C)c1nc(C)c(C(=O)OCC)s1. The summed E-state index contributed by atoms with van der Waals surface area (Å²) >= 11 is 1.25. The fraction of sp³-hybridized carbons (Fsp3) is 0.706. The summed E-state index contributed by atoms with van der Waals surface area (Å²) in [6.45, 7) is 7.55. The standard InChI is InChI=1S/C17H28F3N5O2S/c1-6-21-16(22-8-9-25(5)10-17(18,19)20)24-12(4)14-23-11(3)13(28-14)15(26)27-7-2/h12H,6-10H2,1-5H3,(H2,21,22,24). The first-order valence-electron chi connectivity index (χ1n) is 9.01. The number of alkyl halides is 3. The second kappa shape index (κ2) is 11.2. The maximum absolute atomic E-state index is 12.4. The number of hydrogen-bond acceptors (Lipinski definition) is 6. The van der Waals surface area contributed by atoms with Crippen LogP contribution in [-0.4, -0.2) is 67.8 Å². The summed E-state index contributed by atoms with van der Waals surface area (Å²) in [6.07, 6.45) is -4.23. The lowest BCUT2D eigenvalue weighted by atomic mass is 10.3. The lowest BCUT2D eigenvalue weighted by molar-refractivity contribution is -0.142. The van der Waals surface area contributed by atoms with Crippen LogP contribution >= 0.6 is 11.3 Å². The molecule has 0 aromatic carbocycles. The average molecular weight is 424 g/mol. The van der Waals surface area contributed by atoms with Crippen molar-refractivity contribution >= 4 is 23.3 Å². The molecule has 1 heterocycles. The van der Waals surface area contributed by atoms with Crippen molar-refractivity contribution < 1.29 is 22.7 Å². The number of likely N-dealkylation sites (N-methyl/N-ethyl adjacent to an activating group) is 1. The Hall–Kier alpha value is -1.88. The smallest absolute Gasteiger partial charge is 0.401 e. The number of rotatable bonds is 9. The van der Waals surface area contributed by atoms with E-state index < -0.39 is 18.7 Å². The van der Waals surface area contributed by atoms with Crippen molar-refractivity contribution in [3.8, 4) is 0 Å². The van der Waals surface area contributed by atoms with Gasteiger partial charge in [-0.25, -0.2) is 9.78 Å². The maximum atomic E-state index is 12.4. The van der Waals surface area contributed by atoms with Crippen molar-refractivity contribution in [3.63, 3.8) is 0 Å². The molecule has 0 bridgehead atoms. The van der Waals surface area contributed by atoms with Gasteiger partial charge >= 0.3 is 12.1 Å². The molecule has 0 saturated heterocycles. The molecule has 11 heteroatoms. The lowest BCUT2D eigenvalue weighted by Gasteiger charge is -2.19. The Labute approximate surface area is 167 Å². The van der Waals surface area contributed by atoms with E-state index in [1.54, 1.807) is 13.8 Å². The molecule has 0 fully saturated rings. The summed E-state index contributed by atoms with van der Waals surface area (Å²) in [7, 11) is 1.40. The minimum absolute atomic E-state index is 0.174. The average Bonchev–Trinajstić information content (AvgIpc) is 2.95. The van der Waals surface area contributed by atoms with Gasteiger partial charge in [0.25, 0.3) is 0 Å². The fourth-order valence-corrected chi connectivity index (χ4v) is 3.26. The highest BCUT2D eigenvalue weighted by atomic mass is 32.1. The Morgan fingerprint density at radius 3 is 2.64 bits per heavy atom. The van der Waals surface area contributed by atoms with Crippen molar-refractivity contribution in [1.82, 2.24) is 20.5 Å². The Bertz CT molecular complexity index is 664. The fourth-order valence-electron chi connectivity index (χ4n) is 2.29. The summed E-state index contributed by atoms with van der Waals surface area (Å²) < 4.78 is 42.1. The van der Waals surface area contributed by atoms with Gasteiger partial charge in [0.2, 0.25) is 0 Å². The molecule has 1 aromatic heterocycles. The normalized spacial score (nSPS) is 13.5. The van der Waals surface area contributed by atoms with E-state index in [-0.39, 0.29) is 19.1 Å². The Morgan fingerprint density at radius 1 is 1.39 bits per heavy atom. The molecule has 7 nitrogen and oxygen atoms in total. The molecule has 1 atom stereocenters. The van der Waals surface area contributed by atoms with Crippen LogP contribution in [0.25, 0.3) is 0 Å². The van der Waals surface area contributed by atoms with Gasteiger partial charge in [-0.2, -0.15) is 13.2 Å². The number of carbonyl (C=O) groups excluding carboxylic acids is 1. The predicted octanol–water partition coefficient (Wildman–Crippen LogP) is 2.74. The van der Waals surface area contributed by atoms with Gasteiger partial charge in [0.1, 0.15) is 9.88 Å². The van der Waals surface area contributed by atoms with Crippen LogP contribution in [0.1, 0.15) is 47.2 Å². The number of aryl methyl sites for hydroxylation is 1. The summed E-state index contributed by atoms with van der Waals surface area (Å²) in [4.78, 5) is 22.3. The van der Waals surface area contributed by atoms with Crippen molar-refractivity contribution in [1.29, 1.82) is 0 Å². The number of carbonyl (C=O) groups is 1. The summed E-state index contributed by atoms with van der Waals surface area (Å²) in [5.41, 5.74) is 0.600. The van der Waals surface area contributed by atoms with Gasteiger partial charge in [0.15, 0.2) is 5.96 Å². The van der Waals surface area contributed by atoms with Crippen molar-refractivity contribution in [2.24, 2.45) is 4.99 Å². The van der Waals surface area contributed by atoms with Crippen LogP contribution < -0.4 is 10.6 Å². The number of aliphatic imine (C=N–C) groups is 1. The predicted molar refractivity (Wildman–Crippen MR) is 104 cm³/mol. The summed E-state index contributed by atoms with van der Waals surface area (Å²) in [5.74, 6) is 0.0742. The minimum atomic E-state index is -4.23. The van der Waals surface area contributed by atoms with E-state index in [0.717, 1.165) is 0 Å². The molecule has 160 valence electrons. The number of ether oxygens (including phenoxy) is 1. The van der Waals surface area contributed by atoms with Crippen LogP contribution in [0.5, 0.6) is 0 Å². The molecular weight excluding hydrogens is 395 g/mol. The quantitative estimate of drug-likeness (QED) is 0.361. The number of halogens is 3. The molecule has 1 rings (SSSR count). The number of aromatic nitrogens is 1. The van der Waals surface area contributed by atoms with Gasteiger partial charge in [-0.3, -0.25) is 9.89 Å². The number of hydrogen-bond donors (Lipinski definition) is 2. The van der Waals surface area contributed by atoms with Gasteiger partial charge in [0.05, 0.1) is 31.4 Å². The molecule has 0 aliphatic carbocycles. The maximum Gasteiger partial charge on any atom is 0.401 e. The minimum Gasteiger partial charge on any atom is -0.462 e. The first kappa shape index (κ1) is 24.2. The molecular formula is C17H28F3N5O2S. The molecule has 0 saturated carbocycles. The molecule has 2 N–H and O–H groups in total. The zero-order valence-electron chi connectivity index (χ0n) is 16.8. The zero-order valence-corrected chi connectivity index (χ0v) is 17.6. The molecule has 0 amide bonds. The third kappa shape index (κ3) is 8.42. The van der Waals surface area contributed by atoms with Gasteiger partial charge in [-0.05, 0) is 34.7 Å². The highest BCUT2D eigenvalue weighted by Crippen LogP contribution is 2.24. The number of nitrogens with one attached hydrogen (secondary N) is 2. The van der Waals surface area contributed by atoms with Crippen LogP contribution in [0.4, 0.5) is 13.2 Å². The molecule has 0 aliphatic heterocycles. The number of esters is 1. The molecule has 1 aromatic rings. The Balaban J connectivity index is 2.72. The third-order valence-corrected chi connectivity index (χ3v) is 4.86. The van der Waals surface area contributed by atoms with E-state index >= 15 is 0 Å². The van der Waals surface area contributed by atoms with Crippen molar-refractivity contribution in [2.75, 3.05) is 39.8 Å². The monoisotopic (exact) mass is 423 g/mol. The summed E-state index contributed by atoms with van der Waals surface area (Å²) in [6, 6.07) is -0.238. The molecule has 28 heavy (non-hydrogen) atoms. The molecule has 0 spiro atoms. The largest absolute Gasteiger partial charge is 0.462 e. The van der Waals surface area contributed by atoms with Gasteiger partial charge < -0.3 is 15.4 Å². The first-order valence-corrected chi connectivity index (χ1v) is 9.83. The first-order chi connectivity index (χ1) is 13.1. The van der Waals surface area contributed by atoms with Crippen LogP contribution in [-0.2, 0) is 4.74 Å². The highest BCUT2D eigenvalue weighted by Gasteiger charge is 2.28. The number of thiazole rings is 1. The van der Waals surface area contributed by atoms with Crippen LogP contribution in [0.15, 0.2) is 4.99 Å². The Kier molecular flexibility index (Phi) is 9.66. The van der Waals surface area contributed by atoms with Gasteiger partial charge in [-0.1, -0.05) is 0 Å². The summed E-state index contributed by atoms with van der Waals surface area (Å²) in [5, 5.41) is 6.91. The van der Waals surface area contributed by atoms with E-state index in [1.807, 2.05) is 13.8 Å². The third-order valence-electron chi connectivity index (χ3n) is 3.54. The number of guanidine groups is 1. The van der Waals surface area contributed by atoms with Crippen molar-refractivity contribution in [2.45, 2.75) is 39.9 Å². The lowest BCUT2D eigenvalue weighted by Crippen LogP contribution is -2.39.